The first-order chi connectivity index (χ1) is 9.51. The predicted octanol–water partition coefficient (Wildman–Crippen LogP) is 3.79. The van der Waals surface area contributed by atoms with Crippen LogP contribution in [0.1, 0.15) is 33.1 Å². The molecule has 0 bridgehead atoms. The highest BCUT2D eigenvalue weighted by Gasteiger charge is 2.20. The van der Waals surface area contributed by atoms with Gasteiger partial charge in [0.2, 0.25) is 11.6 Å². The van der Waals surface area contributed by atoms with E-state index in [2.05, 4.69) is 5.32 Å². The van der Waals surface area contributed by atoms with Crippen LogP contribution >= 0.6 is 0 Å². The second-order valence-corrected chi connectivity index (χ2v) is 4.45. The average Bonchev–Trinajstić information content (AvgIpc) is 2.43. The topological polar surface area (TPSA) is 21.3 Å². The number of rotatable bonds is 8. The highest BCUT2D eigenvalue weighted by atomic mass is 19.2. The van der Waals surface area contributed by atoms with Gasteiger partial charge in [0.1, 0.15) is 0 Å². The minimum absolute atomic E-state index is 0.00136. The van der Waals surface area contributed by atoms with Crippen LogP contribution in [0, 0.1) is 23.3 Å². The quantitative estimate of drug-likeness (QED) is 0.447. The van der Waals surface area contributed by atoms with Gasteiger partial charge in [-0.15, -0.1) is 0 Å². The summed E-state index contributed by atoms with van der Waals surface area (Å²) in [6, 6.07) is 0.457. The lowest BCUT2D eigenvalue weighted by Gasteiger charge is -2.16. The molecule has 1 N–H and O–H groups in total. The van der Waals surface area contributed by atoms with Gasteiger partial charge in [-0.25, -0.2) is 8.78 Å². The Morgan fingerprint density at radius 2 is 1.70 bits per heavy atom. The molecule has 1 aromatic rings. The fourth-order valence-corrected chi connectivity index (χ4v) is 1.92. The number of ether oxygens (including phenoxy) is 1. The molecule has 0 saturated carbocycles. The van der Waals surface area contributed by atoms with Crippen LogP contribution in [0.5, 0.6) is 5.75 Å². The van der Waals surface area contributed by atoms with Gasteiger partial charge in [-0.1, -0.05) is 13.8 Å². The van der Waals surface area contributed by atoms with Crippen LogP contribution in [0.4, 0.5) is 17.6 Å². The van der Waals surface area contributed by atoms with Crippen molar-refractivity contribution in [3.63, 3.8) is 0 Å². The zero-order valence-corrected chi connectivity index (χ0v) is 11.6. The molecule has 0 saturated heterocycles. The van der Waals surface area contributed by atoms with E-state index in [1.165, 1.54) is 0 Å². The third-order valence-corrected chi connectivity index (χ3v) is 3.00. The first-order valence-electron chi connectivity index (χ1n) is 6.70. The maximum atomic E-state index is 13.3. The zero-order chi connectivity index (χ0) is 15.1. The Balaban J connectivity index is 2.54. The number of hydrogen-bond acceptors (Lipinski definition) is 2. The Bertz CT molecular complexity index is 413. The molecule has 0 aliphatic carbocycles. The first kappa shape index (κ1) is 16.8. The summed E-state index contributed by atoms with van der Waals surface area (Å²) in [4.78, 5) is 0. The molecule has 0 aromatic heterocycles. The van der Waals surface area contributed by atoms with Crippen LogP contribution < -0.4 is 10.1 Å². The molecular weight excluding hydrogens is 274 g/mol. The van der Waals surface area contributed by atoms with Gasteiger partial charge in [0.25, 0.3) is 0 Å². The fourth-order valence-electron chi connectivity index (χ4n) is 1.92. The molecule has 1 aromatic carbocycles. The van der Waals surface area contributed by atoms with Crippen LogP contribution in [0.25, 0.3) is 0 Å². The number of nitrogens with one attached hydrogen (secondary N) is 1. The molecule has 20 heavy (non-hydrogen) atoms. The van der Waals surface area contributed by atoms with Gasteiger partial charge in [0, 0.05) is 12.1 Å². The lowest BCUT2D eigenvalue weighted by Crippen LogP contribution is -2.28. The van der Waals surface area contributed by atoms with Crippen molar-refractivity contribution in [3.05, 3.63) is 29.3 Å². The van der Waals surface area contributed by atoms with Crippen molar-refractivity contribution in [1.29, 1.82) is 0 Å². The van der Waals surface area contributed by atoms with Gasteiger partial charge in [0.05, 0.1) is 6.61 Å². The minimum atomic E-state index is -1.50. The van der Waals surface area contributed by atoms with Crippen LogP contribution in [-0.4, -0.2) is 19.2 Å². The van der Waals surface area contributed by atoms with E-state index in [1.54, 1.807) is 0 Å². The van der Waals surface area contributed by atoms with Crippen molar-refractivity contribution in [1.82, 2.24) is 5.32 Å². The molecule has 0 heterocycles. The summed E-state index contributed by atoms with van der Waals surface area (Å²) in [5.74, 6) is -6.90. The summed E-state index contributed by atoms with van der Waals surface area (Å²) < 4.78 is 57.3. The smallest absolute Gasteiger partial charge is 0.203 e. The highest BCUT2D eigenvalue weighted by molar-refractivity contribution is 5.28. The van der Waals surface area contributed by atoms with Crippen LogP contribution in [0.3, 0.4) is 0 Å². The second kappa shape index (κ2) is 8.09. The van der Waals surface area contributed by atoms with E-state index in [4.69, 9.17) is 4.74 Å². The molecular formula is C14H19F4NO. The predicted molar refractivity (Wildman–Crippen MR) is 68.8 cm³/mol. The van der Waals surface area contributed by atoms with Crippen LogP contribution in [0.2, 0.25) is 0 Å². The molecule has 6 heteroatoms. The Labute approximate surface area is 116 Å². The molecule has 0 spiro atoms. The summed E-state index contributed by atoms with van der Waals surface area (Å²) in [7, 11) is 0. The van der Waals surface area contributed by atoms with Gasteiger partial charge in [-0.05, 0) is 25.8 Å². The standard InChI is InChI=1S/C14H19F4NO/c1-3-9(19-4-2)6-5-7-20-14-12(17)10(15)8-11(16)13(14)18/h8-9,19H,3-7H2,1-2H3. The van der Waals surface area contributed by atoms with Crippen molar-refractivity contribution in [3.8, 4) is 5.75 Å². The molecule has 0 amide bonds. The Kier molecular flexibility index (Phi) is 6.78. The van der Waals surface area contributed by atoms with E-state index in [9.17, 15) is 17.6 Å². The lowest BCUT2D eigenvalue weighted by molar-refractivity contribution is 0.258. The van der Waals surface area contributed by atoms with Gasteiger partial charge in [-0.3, -0.25) is 0 Å². The highest BCUT2D eigenvalue weighted by Crippen LogP contribution is 2.26. The van der Waals surface area contributed by atoms with Gasteiger partial charge in [-0.2, -0.15) is 8.78 Å². The van der Waals surface area contributed by atoms with Gasteiger partial charge < -0.3 is 10.1 Å². The third kappa shape index (κ3) is 4.37. The molecule has 1 atom stereocenters. The molecule has 1 rings (SSSR count). The van der Waals surface area contributed by atoms with Crippen molar-refractivity contribution < 1.29 is 22.3 Å². The van der Waals surface area contributed by atoms with Crippen LogP contribution in [0.15, 0.2) is 6.07 Å². The average molecular weight is 293 g/mol. The Hall–Kier alpha value is -1.30. The van der Waals surface area contributed by atoms with Crippen molar-refractivity contribution in [2.24, 2.45) is 0 Å². The van der Waals surface area contributed by atoms with E-state index < -0.39 is 29.0 Å². The maximum Gasteiger partial charge on any atom is 0.203 e. The maximum absolute atomic E-state index is 13.3. The van der Waals surface area contributed by atoms with E-state index >= 15 is 0 Å². The fraction of sp³-hybridized carbons (Fsp3) is 0.571. The van der Waals surface area contributed by atoms with Crippen molar-refractivity contribution in [2.75, 3.05) is 13.2 Å². The number of benzene rings is 1. The lowest BCUT2D eigenvalue weighted by atomic mass is 10.1. The first-order valence-corrected chi connectivity index (χ1v) is 6.70. The normalized spacial score (nSPS) is 12.5. The zero-order valence-electron chi connectivity index (χ0n) is 11.6. The molecule has 0 aliphatic heterocycles. The molecule has 1 unspecified atom stereocenters. The Morgan fingerprint density at radius 3 is 2.20 bits per heavy atom. The van der Waals surface area contributed by atoms with Gasteiger partial charge >= 0.3 is 0 Å². The minimum Gasteiger partial charge on any atom is -0.487 e. The molecule has 114 valence electrons. The molecule has 2 nitrogen and oxygen atoms in total. The van der Waals surface area contributed by atoms with Crippen molar-refractivity contribution in [2.45, 2.75) is 39.2 Å². The monoisotopic (exact) mass is 293 g/mol. The summed E-state index contributed by atoms with van der Waals surface area (Å²) in [5, 5.41) is 3.25. The van der Waals surface area contributed by atoms with E-state index in [-0.39, 0.29) is 12.7 Å². The third-order valence-electron chi connectivity index (χ3n) is 3.00. The van der Waals surface area contributed by atoms with Gasteiger partial charge in [0.15, 0.2) is 17.4 Å². The van der Waals surface area contributed by atoms with E-state index in [1.807, 2.05) is 13.8 Å². The van der Waals surface area contributed by atoms with E-state index in [0.717, 1.165) is 19.4 Å². The summed E-state index contributed by atoms with van der Waals surface area (Å²) in [6.07, 6.45) is 2.21. The molecule has 0 radical (unpaired) electrons. The van der Waals surface area contributed by atoms with E-state index in [0.29, 0.717) is 12.5 Å². The summed E-state index contributed by atoms with van der Waals surface area (Å²) in [5.41, 5.74) is 0. The SMILES string of the molecule is CCNC(CC)CCCOc1c(F)c(F)cc(F)c1F. The largest absolute Gasteiger partial charge is 0.487 e. The summed E-state index contributed by atoms with van der Waals surface area (Å²) in [6.45, 7) is 4.84. The number of hydrogen-bond donors (Lipinski definition) is 1. The summed E-state index contributed by atoms with van der Waals surface area (Å²) >= 11 is 0. The second-order valence-electron chi connectivity index (χ2n) is 4.45. The van der Waals surface area contributed by atoms with Crippen LogP contribution in [-0.2, 0) is 0 Å². The van der Waals surface area contributed by atoms with Crippen molar-refractivity contribution >= 4 is 0 Å². The Morgan fingerprint density at radius 1 is 1.10 bits per heavy atom. The molecule has 0 fully saturated rings. The number of halogens is 4. The molecule has 0 aliphatic rings.